The summed E-state index contributed by atoms with van der Waals surface area (Å²) in [4.78, 5) is 5.69. The molecule has 154 valence electrons. The van der Waals surface area contributed by atoms with Crippen LogP contribution in [-0.2, 0) is 10.0 Å². The van der Waals surface area contributed by atoms with Gasteiger partial charge in [-0.15, -0.1) is 21.6 Å². The van der Waals surface area contributed by atoms with E-state index in [4.69, 9.17) is 4.74 Å². The Kier molecular flexibility index (Phi) is 6.82. The normalized spacial score (nSPS) is 12.4. The molecule has 1 aromatic carbocycles. The Labute approximate surface area is 164 Å². The molecule has 0 spiro atoms. The molecular formula is C15H18F3N5O3S2. The van der Waals surface area contributed by atoms with E-state index in [1.54, 1.807) is 15.0 Å². The number of benzene rings is 1. The predicted molar refractivity (Wildman–Crippen MR) is 101 cm³/mol. The number of nitrogens with zero attached hydrogens (tertiary/aromatic N) is 4. The summed E-state index contributed by atoms with van der Waals surface area (Å²) < 4.78 is 68.6. The van der Waals surface area contributed by atoms with Crippen molar-refractivity contribution in [3.05, 3.63) is 23.7 Å². The first-order valence-electron chi connectivity index (χ1n) is 8.00. The molecule has 0 saturated heterocycles. The van der Waals surface area contributed by atoms with Crippen LogP contribution >= 0.6 is 11.3 Å². The number of thiazole rings is 1. The summed E-state index contributed by atoms with van der Waals surface area (Å²) in [5, 5.41) is 9.59. The van der Waals surface area contributed by atoms with Crippen LogP contribution in [0.2, 0.25) is 0 Å². The fraction of sp³-hybridized carbons (Fsp3) is 0.400. The van der Waals surface area contributed by atoms with Crippen molar-refractivity contribution < 1.29 is 26.3 Å². The molecule has 1 N–H and O–H groups in total. The maximum absolute atomic E-state index is 12.8. The Balaban J connectivity index is 2.61. The zero-order chi connectivity index (χ0) is 20.9. The molecule has 2 aromatic rings. The van der Waals surface area contributed by atoms with Crippen LogP contribution in [0.1, 0.15) is 13.8 Å². The first-order valence-corrected chi connectivity index (χ1v) is 10.4. The number of hydrogen-bond acceptors (Lipinski definition) is 8. The van der Waals surface area contributed by atoms with Crippen LogP contribution in [0, 0.1) is 0 Å². The Hall–Kier alpha value is -2.41. The van der Waals surface area contributed by atoms with Gasteiger partial charge in [0, 0.05) is 30.7 Å². The van der Waals surface area contributed by atoms with Gasteiger partial charge in [0.05, 0.1) is 18.5 Å². The van der Waals surface area contributed by atoms with E-state index >= 15 is 0 Å². The highest BCUT2D eigenvalue weighted by atomic mass is 32.2. The largest absolute Gasteiger partial charge is 0.516 e. The Morgan fingerprint density at radius 3 is 2.43 bits per heavy atom. The average Bonchev–Trinajstić information content (AvgIpc) is 3.14. The molecule has 0 radical (unpaired) electrons. The van der Waals surface area contributed by atoms with Gasteiger partial charge in [-0.3, -0.25) is 4.72 Å². The van der Waals surface area contributed by atoms with Gasteiger partial charge in [0.1, 0.15) is 11.4 Å². The van der Waals surface area contributed by atoms with E-state index in [2.05, 4.69) is 15.2 Å². The highest BCUT2D eigenvalue weighted by Gasteiger charge is 2.46. The van der Waals surface area contributed by atoms with E-state index in [1.165, 1.54) is 25.4 Å². The van der Waals surface area contributed by atoms with Gasteiger partial charge in [-0.2, -0.15) is 21.6 Å². The second-order valence-corrected chi connectivity index (χ2v) is 7.83. The van der Waals surface area contributed by atoms with Gasteiger partial charge in [-0.1, -0.05) is 0 Å². The van der Waals surface area contributed by atoms with Crippen molar-refractivity contribution in [2.75, 3.05) is 29.8 Å². The van der Waals surface area contributed by atoms with Crippen LogP contribution < -0.4 is 14.4 Å². The quantitative estimate of drug-likeness (QED) is 0.605. The fourth-order valence-corrected chi connectivity index (χ4v) is 3.28. The highest BCUT2D eigenvalue weighted by Crippen LogP contribution is 2.41. The molecule has 0 aliphatic heterocycles. The van der Waals surface area contributed by atoms with Crippen LogP contribution in [0.25, 0.3) is 0 Å². The molecule has 2 rings (SSSR count). The number of ether oxygens (including phenoxy) is 1. The van der Waals surface area contributed by atoms with Crippen LogP contribution in [0.4, 0.5) is 35.4 Å². The summed E-state index contributed by atoms with van der Waals surface area (Å²) in [6.07, 6.45) is 1.48. The van der Waals surface area contributed by atoms with E-state index in [9.17, 15) is 21.6 Å². The lowest BCUT2D eigenvalue weighted by Gasteiger charge is -2.25. The Bertz CT molecular complexity index is 927. The second-order valence-electron chi connectivity index (χ2n) is 5.28. The summed E-state index contributed by atoms with van der Waals surface area (Å²) >= 11 is 1.16. The molecule has 1 heterocycles. The van der Waals surface area contributed by atoms with Crippen molar-refractivity contribution >= 4 is 43.6 Å². The molecule has 0 unspecified atom stereocenters. The van der Waals surface area contributed by atoms with Gasteiger partial charge in [0.25, 0.3) is 0 Å². The van der Waals surface area contributed by atoms with E-state index in [0.717, 1.165) is 11.3 Å². The SMILES string of the molecule is CCN(CC)c1cc(NS(=O)(=O)C(F)(F)F)c(N=Nc2nccs2)cc1OC. The van der Waals surface area contributed by atoms with Crippen LogP contribution in [0.15, 0.2) is 33.9 Å². The molecule has 0 amide bonds. The maximum Gasteiger partial charge on any atom is 0.516 e. The second kappa shape index (κ2) is 8.73. The van der Waals surface area contributed by atoms with Gasteiger partial charge in [0.15, 0.2) is 0 Å². The van der Waals surface area contributed by atoms with Crippen LogP contribution in [-0.4, -0.2) is 39.1 Å². The molecule has 0 aliphatic carbocycles. The fourth-order valence-electron chi connectivity index (χ4n) is 2.26. The number of halogens is 3. The number of aromatic nitrogens is 1. The molecule has 0 fully saturated rings. The third kappa shape index (κ3) is 4.90. The first-order chi connectivity index (χ1) is 13.1. The van der Waals surface area contributed by atoms with Gasteiger partial charge >= 0.3 is 15.5 Å². The van der Waals surface area contributed by atoms with Gasteiger partial charge in [0.2, 0.25) is 5.13 Å². The first kappa shape index (κ1) is 21.9. The van der Waals surface area contributed by atoms with Crippen molar-refractivity contribution in [1.29, 1.82) is 0 Å². The number of alkyl halides is 3. The predicted octanol–water partition coefficient (Wildman–Crippen LogP) is 4.67. The highest BCUT2D eigenvalue weighted by molar-refractivity contribution is 7.93. The van der Waals surface area contributed by atoms with E-state index in [0.29, 0.717) is 24.5 Å². The van der Waals surface area contributed by atoms with Gasteiger partial charge < -0.3 is 9.64 Å². The smallest absolute Gasteiger partial charge is 0.494 e. The summed E-state index contributed by atoms with van der Waals surface area (Å²) in [6.45, 7) is 4.74. The summed E-state index contributed by atoms with van der Waals surface area (Å²) in [7, 11) is -4.25. The lowest BCUT2D eigenvalue weighted by atomic mass is 10.2. The number of rotatable bonds is 8. The number of nitrogens with one attached hydrogen (secondary N) is 1. The molecular weight excluding hydrogens is 419 g/mol. The lowest BCUT2D eigenvalue weighted by Crippen LogP contribution is -2.30. The van der Waals surface area contributed by atoms with Gasteiger partial charge in [-0.25, -0.2) is 4.98 Å². The molecule has 0 aliphatic rings. The molecule has 0 atom stereocenters. The molecule has 8 nitrogen and oxygen atoms in total. The van der Waals surface area contributed by atoms with Gasteiger partial charge in [-0.05, 0) is 19.9 Å². The Morgan fingerprint density at radius 2 is 1.93 bits per heavy atom. The zero-order valence-corrected chi connectivity index (χ0v) is 16.8. The number of sulfonamides is 1. The molecule has 13 heteroatoms. The van der Waals surface area contributed by atoms with Crippen molar-refractivity contribution in [2.45, 2.75) is 19.4 Å². The summed E-state index contributed by atoms with van der Waals surface area (Å²) in [6, 6.07) is 2.56. The van der Waals surface area contributed by atoms with Crippen molar-refractivity contribution in [1.82, 2.24) is 4.98 Å². The number of azo groups is 1. The third-order valence-electron chi connectivity index (χ3n) is 3.61. The molecule has 1 aromatic heterocycles. The number of methoxy groups -OCH3 is 1. The topological polar surface area (TPSA) is 96.2 Å². The summed E-state index contributed by atoms with van der Waals surface area (Å²) in [5.74, 6) is 0.312. The molecule has 0 bridgehead atoms. The van der Waals surface area contributed by atoms with Crippen molar-refractivity contribution in [3.8, 4) is 5.75 Å². The minimum Gasteiger partial charge on any atom is -0.494 e. The Morgan fingerprint density at radius 1 is 1.25 bits per heavy atom. The average molecular weight is 437 g/mol. The van der Waals surface area contributed by atoms with E-state index < -0.39 is 15.5 Å². The maximum atomic E-state index is 12.8. The van der Waals surface area contributed by atoms with E-state index in [1.807, 2.05) is 13.8 Å². The molecule has 28 heavy (non-hydrogen) atoms. The van der Waals surface area contributed by atoms with Crippen LogP contribution in [0.3, 0.4) is 0 Å². The van der Waals surface area contributed by atoms with Crippen LogP contribution in [0.5, 0.6) is 5.75 Å². The summed E-state index contributed by atoms with van der Waals surface area (Å²) in [5.41, 5.74) is -5.58. The van der Waals surface area contributed by atoms with Crippen molar-refractivity contribution in [2.24, 2.45) is 10.2 Å². The minimum absolute atomic E-state index is 0.143. The molecule has 0 saturated carbocycles. The zero-order valence-electron chi connectivity index (χ0n) is 15.2. The number of anilines is 2. The minimum atomic E-state index is -5.64. The van der Waals surface area contributed by atoms with E-state index in [-0.39, 0.29) is 16.5 Å². The monoisotopic (exact) mass is 437 g/mol. The third-order valence-corrected chi connectivity index (χ3v) is 5.37. The van der Waals surface area contributed by atoms with Crippen molar-refractivity contribution in [3.63, 3.8) is 0 Å². The standard InChI is InChI=1S/C15H18F3N5O3S2/c1-4-23(5-2)12-8-11(22-28(24,25)15(16,17)18)10(9-13(12)26-3)20-21-14-19-6-7-27-14/h6-9,22H,4-5H2,1-3H3. The number of hydrogen-bond donors (Lipinski definition) is 1. The lowest BCUT2D eigenvalue weighted by molar-refractivity contribution is -0.0429.